The molecule has 5 heteroatoms. The van der Waals surface area contributed by atoms with Crippen LogP contribution in [0.15, 0.2) is 12.3 Å². The van der Waals surface area contributed by atoms with Crippen molar-refractivity contribution in [2.75, 3.05) is 18.0 Å². The Hall–Kier alpha value is -1.29. The number of anilines is 1. The lowest BCUT2D eigenvalue weighted by atomic mass is 9.75. The van der Waals surface area contributed by atoms with Crippen LogP contribution in [-0.2, 0) is 0 Å². The first-order valence-electron chi connectivity index (χ1n) is 7.04. The second-order valence-electron chi connectivity index (χ2n) is 6.54. The van der Waals surface area contributed by atoms with E-state index < -0.39 is 0 Å². The van der Waals surface area contributed by atoms with E-state index in [0.29, 0.717) is 16.0 Å². The van der Waals surface area contributed by atoms with Crippen LogP contribution in [-0.4, -0.2) is 23.9 Å². The molecule has 1 aliphatic rings. The van der Waals surface area contributed by atoms with Gasteiger partial charge in [-0.3, -0.25) is 5.41 Å². The first kappa shape index (κ1) is 15.1. The predicted octanol–water partition coefficient (Wildman–Crippen LogP) is 3.28. The van der Waals surface area contributed by atoms with Crippen LogP contribution in [0.25, 0.3) is 0 Å². The van der Waals surface area contributed by atoms with Crippen molar-refractivity contribution in [1.29, 1.82) is 5.41 Å². The first-order chi connectivity index (χ1) is 9.30. The molecule has 1 saturated heterocycles. The number of hydrogen-bond donors (Lipinski definition) is 2. The van der Waals surface area contributed by atoms with Gasteiger partial charge in [0.25, 0.3) is 0 Å². The van der Waals surface area contributed by atoms with Crippen LogP contribution >= 0.6 is 11.6 Å². The Labute approximate surface area is 125 Å². The molecule has 0 spiro atoms. The summed E-state index contributed by atoms with van der Waals surface area (Å²) in [4.78, 5) is 6.58. The molecule has 1 fully saturated rings. The number of nitrogens with one attached hydrogen (secondary N) is 1. The van der Waals surface area contributed by atoms with Crippen molar-refractivity contribution in [2.24, 2.45) is 17.1 Å². The number of nitrogen functional groups attached to an aromatic ring is 1. The Morgan fingerprint density at radius 3 is 2.50 bits per heavy atom. The summed E-state index contributed by atoms with van der Waals surface area (Å²) in [7, 11) is 0. The minimum Gasteiger partial charge on any atom is -0.384 e. The van der Waals surface area contributed by atoms with Gasteiger partial charge < -0.3 is 10.6 Å². The number of aromatic nitrogens is 1. The SMILES string of the molecule is CC(C)(C)C1CCN(c2nccc(C(=N)N)c2Cl)CC1. The van der Waals surface area contributed by atoms with E-state index in [0.717, 1.165) is 37.7 Å². The van der Waals surface area contributed by atoms with E-state index in [4.69, 9.17) is 22.7 Å². The van der Waals surface area contributed by atoms with Crippen LogP contribution in [0.1, 0.15) is 39.2 Å². The van der Waals surface area contributed by atoms with Crippen LogP contribution in [0, 0.1) is 16.7 Å². The number of nitrogens with zero attached hydrogens (tertiary/aromatic N) is 2. The molecule has 2 heterocycles. The van der Waals surface area contributed by atoms with Crippen molar-refractivity contribution in [1.82, 2.24) is 4.98 Å². The fourth-order valence-corrected chi connectivity index (χ4v) is 3.15. The predicted molar refractivity (Wildman–Crippen MR) is 84.7 cm³/mol. The maximum absolute atomic E-state index is 7.55. The van der Waals surface area contributed by atoms with E-state index in [1.54, 1.807) is 12.3 Å². The van der Waals surface area contributed by atoms with Gasteiger partial charge in [0.1, 0.15) is 11.7 Å². The third-order valence-corrected chi connectivity index (χ3v) is 4.55. The molecule has 4 nitrogen and oxygen atoms in total. The van der Waals surface area contributed by atoms with Crippen molar-refractivity contribution in [3.8, 4) is 0 Å². The summed E-state index contributed by atoms with van der Waals surface area (Å²) in [6.45, 7) is 8.81. The number of hydrogen-bond acceptors (Lipinski definition) is 3. The van der Waals surface area contributed by atoms with Gasteiger partial charge in [-0.15, -0.1) is 0 Å². The highest BCUT2D eigenvalue weighted by Gasteiger charge is 2.30. The lowest BCUT2D eigenvalue weighted by molar-refractivity contribution is 0.198. The summed E-state index contributed by atoms with van der Waals surface area (Å²) in [6, 6.07) is 1.69. The first-order valence-corrected chi connectivity index (χ1v) is 7.42. The molecule has 1 aromatic rings. The Bertz CT molecular complexity index is 499. The van der Waals surface area contributed by atoms with Gasteiger partial charge in [-0.1, -0.05) is 32.4 Å². The Kier molecular flexibility index (Phi) is 4.23. The molecule has 0 aromatic carbocycles. The van der Waals surface area contributed by atoms with Crippen molar-refractivity contribution in [3.05, 3.63) is 22.8 Å². The van der Waals surface area contributed by atoms with E-state index in [-0.39, 0.29) is 5.84 Å². The molecule has 1 aliphatic heterocycles. The molecule has 0 saturated carbocycles. The Balaban J connectivity index is 2.15. The fraction of sp³-hybridized carbons (Fsp3) is 0.600. The zero-order chi connectivity index (χ0) is 14.9. The summed E-state index contributed by atoms with van der Waals surface area (Å²) < 4.78 is 0. The van der Waals surface area contributed by atoms with E-state index >= 15 is 0 Å². The maximum Gasteiger partial charge on any atom is 0.148 e. The average molecular weight is 295 g/mol. The second-order valence-corrected chi connectivity index (χ2v) is 6.92. The molecule has 0 unspecified atom stereocenters. The van der Waals surface area contributed by atoms with Crippen molar-refractivity contribution >= 4 is 23.3 Å². The molecule has 3 N–H and O–H groups in total. The molecule has 0 atom stereocenters. The van der Waals surface area contributed by atoms with E-state index in [1.165, 1.54) is 0 Å². The summed E-state index contributed by atoms with van der Waals surface area (Å²) in [5.41, 5.74) is 6.46. The number of halogens is 1. The molecular formula is C15H23ClN4. The number of amidine groups is 1. The van der Waals surface area contributed by atoms with E-state index in [1.807, 2.05) is 0 Å². The van der Waals surface area contributed by atoms with Crippen LogP contribution in [0.4, 0.5) is 5.82 Å². The summed E-state index contributed by atoms with van der Waals surface area (Å²) in [5, 5.41) is 8.04. The lowest BCUT2D eigenvalue weighted by Gasteiger charge is -2.39. The molecule has 0 radical (unpaired) electrons. The van der Waals surface area contributed by atoms with Crippen molar-refractivity contribution in [2.45, 2.75) is 33.6 Å². The zero-order valence-electron chi connectivity index (χ0n) is 12.4. The molecule has 0 bridgehead atoms. The summed E-state index contributed by atoms with van der Waals surface area (Å²) in [6.07, 6.45) is 3.96. The average Bonchev–Trinajstić information content (AvgIpc) is 2.38. The lowest BCUT2D eigenvalue weighted by Crippen LogP contribution is -2.38. The molecule has 2 rings (SSSR count). The van der Waals surface area contributed by atoms with Gasteiger partial charge in [-0.05, 0) is 30.2 Å². The standard InChI is InChI=1S/C15H23ClN4/c1-15(2,3)10-5-8-20(9-6-10)14-12(16)11(13(17)18)4-7-19-14/h4,7,10H,5-6,8-9H2,1-3H3,(H3,17,18). The van der Waals surface area contributed by atoms with Gasteiger partial charge >= 0.3 is 0 Å². The number of rotatable bonds is 2. The van der Waals surface area contributed by atoms with E-state index in [2.05, 4.69) is 30.7 Å². The highest BCUT2D eigenvalue weighted by Crippen LogP contribution is 2.36. The maximum atomic E-state index is 7.55. The van der Waals surface area contributed by atoms with E-state index in [9.17, 15) is 0 Å². The van der Waals surface area contributed by atoms with Crippen molar-refractivity contribution in [3.63, 3.8) is 0 Å². The van der Waals surface area contributed by atoms with Gasteiger partial charge in [0.05, 0.1) is 5.02 Å². The monoisotopic (exact) mass is 294 g/mol. The molecule has 20 heavy (non-hydrogen) atoms. The minimum absolute atomic E-state index is 0.0109. The molecule has 1 aromatic heterocycles. The fourth-order valence-electron chi connectivity index (χ4n) is 2.82. The van der Waals surface area contributed by atoms with Gasteiger partial charge in [0.15, 0.2) is 0 Å². The molecule has 0 amide bonds. The zero-order valence-corrected chi connectivity index (χ0v) is 13.2. The minimum atomic E-state index is -0.0109. The molecule has 110 valence electrons. The van der Waals surface area contributed by atoms with Gasteiger partial charge in [-0.2, -0.15) is 0 Å². The normalized spacial score (nSPS) is 17.3. The third-order valence-electron chi connectivity index (χ3n) is 4.18. The topological polar surface area (TPSA) is 66.0 Å². The number of pyridine rings is 1. The Morgan fingerprint density at radius 2 is 2.00 bits per heavy atom. The molecule has 0 aliphatic carbocycles. The largest absolute Gasteiger partial charge is 0.384 e. The smallest absolute Gasteiger partial charge is 0.148 e. The van der Waals surface area contributed by atoms with Crippen molar-refractivity contribution < 1.29 is 0 Å². The van der Waals surface area contributed by atoms with Gasteiger partial charge in [-0.25, -0.2) is 4.98 Å². The van der Waals surface area contributed by atoms with Gasteiger partial charge in [0.2, 0.25) is 0 Å². The Morgan fingerprint density at radius 1 is 1.40 bits per heavy atom. The van der Waals surface area contributed by atoms with Gasteiger partial charge in [0, 0.05) is 24.8 Å². The summed E-state index contributed by atoms with van der Waals surface area (Å²) >= 11 is 6.34. The highest BCUT2D eigenvalue weighted by atomic mass is 35.5. The number of piperidine rings is 1. The quantitative estimate of drug-likeness (QED) is 0.650. The van der Waals surface area contributed by atoms with Crippen LogP contribution in [0.5, 0.6) is 0 Å². The van der Waals surface area contributed by atoms with Crippen LogP contribution in [0.2, 0.25) is 5.02 Å². The molecular weight excluding hydrogens is 272 g/mol. The van der Waals surface area contributed by atoms with Crippen LogP contribution in [0.3, 0.4) is 0 Å². The summed E-state index contributed by atoms with van der Waals surface area (Å²) in [5.74, 6) is 1.48. The van der Waals surface area contributed by atoms with Crippen LogP contribution < -0.4 is 10.6 Å². The highest BCUT2D eigenvalue weighted by molar-refractivity contribution is 6.36. The second kappa shape index (κ2) is 5.60. The number of nitrogens with two attached hydrogens (primary N) is 1. The third kappa shape index (κ3) is 3.06.